The minimum Gasteiger partial charge on any atom is -0.332 e. The van der Waals surface area contributed by atoms with E-state index < -0.39 is 0 Å². The van der Waals surface area contributed by atoms with Crippen molar-refractivity contribution in [2.75, 3.05) is 18.8 Å². The second-order valence-corrected chi connectivity index (χ2v) is 8.19. The molecule has 0 radical (unpaired) electrons. The van der Waals surface area contributed by atoms with E-state index in [1.807, 2.05) is 38.8 Å². The standard InChI is InChI=1S/C13H18N4OS2/c1-13(2)9-17(4-6-20-13)11(18)14-7-10-8-16-3-5-19-12(16)15-10/h3,5,8H,4,6-7,9H2,1-2H3,(H,14,18). The topological polar surface area (TPSA) is 49.6 Å². The van der Waals surface area contributed by atoms with E-state index in [1.165, 1.54) is 0 Å². The van der Waals surface area contributed by atoms with E-state index in [2.05, 4.69) is 24.1 Å². The molecule has 2 amide bonds. The summed E-state index contributed by atoms with van der Waals surface area (Å²) < 4.78 is 2.12. The van der Waals surface area contributed by atoms with E-state index >= 15 is 0 Å². The Bertz CT molecular complexity index is 590. The molecule has 0 aliphatic carbocycles. The number of hydrogen-bond donors (Lipinski definition) is 1. The van der Waals surface area contributed by atoms with Crippen molar-refractivity contribution in [2.24, 2.45) is 0 Å². The molecule has 3 rings (SSSR count). The highest BCUT2D eigenvalue weighted by Crippen LogP contribution is 2.29. The van der Waals surface area contributed by atoms with Gasteiger partial charge in [-0.05, 0) is 13.8 Å². The zero-order valence-electron chi connectivity index (χ0n) is 11.6. The van der Waals surface area contributed by atoms with Gasteiger partial charge < -0.3 is 10.2 Å². The number of fused-ring (bicyclic) bond motifs is 1. The highest BCUT2D eigenvalue weighted by Gasteiger charge is 2.29. The second-order valence-electron chi connectivity index (χ2n) is 5.51. The lowest BCUT2D eigenvalue weighted by molar-refractivity contribution is 0.194. The van der Waals surface area contributed by atoms with Gasteiger partial charge >= 0.3 is 6.03 Å². The molecule has 20 heavy (non-hydrogen) atoms. The number of aromatic nitrogens is 2. The van der Waals surface area contributed by atoms with Gasteiger partial charge in [0.15, 0.2) is 4.96 Å². The summed E-state index contributed by atoms with van der Waals surface area (Å²) in [4.78, 5) is 19.5. The average Bonchev–Trinajstić information content (AvgIpc) is 2.95. The van der Waals surface area contributed by atoms with Gasteiger partial charge in [0.1, 0.15) is 0 Å². The van der Waals surface area contributed by atoms with Gasteiger partial charge in [-0.15, -0.1) is 11.3 Å². The number of carbonyl (C=O) groups is 1. The van der Waals surface area contributed by atoms with Crippen molar-refractivity contribution in [3.63, 3.8) is 0 Å². The van der Waals surface area contributed by atoms with E-state index in [0.29, 0.717) is 6.54 Å². The summed E-state index contributed by atoms with van der Waals surface area (Å²) in [5.41, 5.74) is 0.899. The summed E-state index contributed by atoms with van der Waals surface area (Å²) in [6.45, 7) is 6.46. The van der Waals surface area contributed by atoms with Crippen LogP contribution in [0.3, 0.4) is 0 Å². The highest BCUT2D eigenvalue weighted by atomic mass is 32.2. The Labute approximate surface area is 126 Å². The van der Waals surface area contributed by atoms with E-state index in [0.717, 1.165) is 29.5 Å². The van der Waals surface area contributed by atoms with Crippen molar-refractivity contribution in [1.29, 1.82) is 0 Å². The molecule has 0 saturated carbocycles. The van der Waals surface area contributed by atoms with Crippen LogP contribution in [-0.2, 0) is 6.54 Å². The number of nitrogens with one attached hydrogen (secondary N) is 1. The molecule has 1 fully saturated rings. The van der Waals surface area contributed by atoms with Gasteiger partial charge in [0.25, 0.3) is 0 Å². The fourth-order valence-corrected chi connectivity index (χ4v) is 4.16. The third-order valence-electron chi connectivity index (χ3n) is 3.28. The molecule has 0 spiro atoms. The van der Waals surface area contributed by atoms with Crippen LogP contribution in [-0.4, -0.2) is 43.9 Å². The lowest BCUT2D eigenvalue weighted by atomic mass is 10.2. The van der Waals surface area contributed by atoms with Crippen molar-refractivity contribution >= 4 is 34.1 Å². The van der Waals surface area contributed by atoms with Crippen molar-refractivity contribution in [3.8, 4) is 0 Å². The number of thiazole rings is 1. The Hall–Kier alpha value is -1.21. The number of rotatable bonds is 2. The Balaban J connectivity index is 1.57. The quantitative estimate of drug-likeness (QED) is 0.927. The minimum atomic E-state index is 0.00901. The van der Waals surface area contributed by atoms with E-state index in [9.17, 15) is 4.79 Å². The molecule has 1 N–H and O–H groups in total. The normalized spacial score (nSPS) is 18.4. The maximum atomic E-state index is 12.2. The predicted molar refractivity (Wildman–Crippen MR) is 83.4 cm³/mol. The van der Waals surface area contributed by atoms with Crippen LogP contribution in [0.1, 0.15) is 19.5 Å². The van der Waals surface area contributed by atoms with Gasteiger partial charge in [-0.3, -0.25) is 4.40 Å². The van der Waals surface area contributed by atoms with Crippen LogP contribution in [0.4, 0.5) is 4.79 Å². The first-order valence-corrected chi connectivity index (χ1v) is 8.48. The van der Waals surface area contributed by atoms with Crippen molar-refractivity contribution in [2.45, 2.75) is 25.1 Å². The van der Waals surface area contributed by atoms with Gasteiger partial charge in [-0.1, -0.05) is 0 Å². The van der Waals surface area contributed by atoms with E-state index in [4.69, 9.17) is 0 Å². The van der Waals surface area contributed by atoms with Gasteiger partial charge in [0, 0.05) is 41.4 Å². The number of amides is 2. The number of thioether (sulfide) groups is 1. The summed E-state index contributed by atoms with van der Waals surface area (Å²) in [6, 6.07) is 0.00901. The lowest BCUT2D eigenvalue weighted by Crippen LogP contribution is -2.49. The first-order chi connectivity index (χ1) is 9.53. The minimum absolute atomic E-state index is 0.00901. The van der Waals surface area contributed by atoms with Crippen LogP contribution in [0.5, 0.6) is 0 Å². The van der Waals surface area contributed by atoms with Crippen molar-refractivity contribution in [1.82, 2.24) is 19.6 Å². The summed E-state index contributed by atoms with van der Waals surface area (Å²) in [5.74, 6) is 1.00. The molecule has 3 heterocycles. The van der Waals surface area contributed by atoms with Crippen LogP contribution >= 0.6 is 23.1 Å². The van der Waals surface area contributed by atoms with E-state index in [-0.39, 0.29) is 10.8 Å². The number of imidazole rings is 1. The molecule has 1 aliphatic rings. The van der Waals surface area contributed by atoms with Gasteiger partial charge in [-0.25, -0.2) is 9.78 Å². The molecular weight excluding hydrogens is 292 g/mol. The summed E-state index contributed by atoms with van der Waals surface area (Å²) in [6.07, 6.45) is 3.94. The lowest BCUT2D eigenvalue weighted by Gasteiger charge is -2.37. The molecule has 5 nitrogen and oxygen atoms in total. The van der Waals surface area contributed by atoms with Gasteiger partial charge in [0.05, 0.1) is 12.2 Å². The number of nitrogens with zero attached hydrogens (tertiary/aromatic N) is 3. The highest BCUT2D eigenvalue weighted by molar-refractivity contribution is 8.00. The third-order valence-corrected chi connectivity index (χ3v) is 5.34. The Morgan fingerprint density at radius 1 is 1.55 bits per heavy atom. The largest absolute Gasteiger partial charge is 0.332 e. The molecule has 0 aromatic carbocycles. The number of carbonyl (C=O) groups excluding carboxylic acids is 1. The van der Waals surface area contributed by atoms with Crippen LogP contribution in [0, 0.1) is 0 Å². The monoisotopic (exact) mass is 310 g/mol. The Kier molecular flexibility index (Phi) is 3.64. The Morgan fingerprint density at radius 3 is 3.15 bits per heavy atom. The maximum Gasteiger partial charge on any atom is 0.317 e. The first-order valence-electron chi connectivity index (χ1n) is 6.61. The molecular formula is C13H18N4OS2. The molecule has 0 atom stereocenters. The van der Waals surface area contributed by atoms with Crippen LogP contribution in [0.2, 0.25) is 0 Å². The average molecular weight is 310 g/mol. The number of hydrogen-bond acceptors (Lipinski definition) is 4. The molecule has 1 saturated heterocycles. The predicted octanol–water partition coefficient (Wildman–Crippen LogP) is 2.43. The fourth-order valence-electron chi connectivity index (χ4n) is 2.33. The zero-order valence-corrected chi connectivity index (χ0v) is 13.3. The smallest absolute Gasteiger partial charge is 0.317 e. The summed E-state index contributed by atoms with van der Waals surface area (Å²) in [5, 5.41) is 4.96. The van der Waals surface area contributed by atoms with Gasteiger partial charge in [-0.2, -0.15) is 11.8 Å². The molecule has 0 unspecified atom stereocenters. The van der Waals surface area contributed by atoms with Crippen molar-refractivity contribution < 1.29 is 4.79 Å². The molecule has 7 heteroatoms. The third kappa shape index (κ3) is 2.93. The van der Waals surface area contributed by atoms with Crippen LogP contribution < -0.4 is 5.32 Å². The summed E-state index contributed by atoms with van der Waals surface area (Å²) >= 11 is 3.52. The summed E-state index contributed by atoms with van der Waals surface area (Å²) in [7, 11) is 0. The SMILES string of the molecule is CC1(C)CN(C(=O)NCc2cn3ccsc3n2)CCS1. The van der Waals surface area contributed by atoms with E-state index in [1.54, 1.807) is 11.3 Å². The Morgan fingerprint density at radius 2 is 2.40 bits per heavy atom. The second kappa shape index (κ2) is 5.29. The molecule has 1 aliphatic heterocycles. The fraction of sp³-hybridized carbons (Fsp3) is 0.538. The number of urea groups is 1. The van der Waals surface area contributed by atoms with Gasteiger partial charge in [0.2, 0.25) is 0 Å². The van der Waals surface area contributed by atoms with Crippen LogP contribution in [0.15, 0.2) is 17.8 Å². The molecule has 0 bridgehead atoms. The zero-order chi connectivity index (χ0) is 14.2. The van der Waals surface area contributed by atoms with Crippen LogP contribution in [0.25, 0.3) is 4.96 Å². The molecule has 108 valence electrons. The molecule has 2 aromatic rings. The first kappa shape index (κ1) is 13.8. The van der Waals surface area contributed by atoms with Crippen molar-refractivity contribution in [3.05, 3.63) is 23.5 Å². The molecule has 2 aromatic heterocycles. The maximum absolute atomic E-state index is 12.2.